The average Bonchev–Trinajstić information content (AvgIpc) is 2.96. The molecule has 0 radical (unpaired) electrons. The molecule has 0 bridgehead atoms. The topological polar surface area (TPSA) is 69.0 Å². The van der Waals surface area contributed by atoms with Crippen LogP contribution in [0.15, 0.2) is 48.5 Å². The predicted octanol–water partition coefficient (Wildman–Crippen LogP) is 4.34. The van der Waals surface area contributed by atoms with E-state index < -0.39 is 0 Å². The number of hydrogen-bond donors (Lipinski definition) is 1. The second-order valence-electron chi connectivity index (χ2n) is 6.77. The quantitative estimate of drug-likeness (QED) is 0.696. The van der Waals surface area contributed by atoms with Crippen LogP contribution in [0.4, 0.5) is 5.69 Å². The summed E-state index contributed by atoms with van der Waals surface area (Å²) < 4.78 is 7.67. The summed E-state index contributed by atoms with van der Waals surface area (Å²) in [7, 11) is 0. The average molecular weight is 397 g/mol. The predicted molar refractivity (Wildman–Crippen MR) is 109 cm³/mol. The number of carbonyl (C=O) groups is 1. The van der Waals surface area contributed by atoms with Gasteiger partial charge in [-0.3, -0.25) is 4.79 Å². The summed E-state index contributed by atoms with van der Waals surface area (Å²) in [5.74, 6) is 2.33. The molecule has 0 aliphatic carbocycles. The molecule has 0 saturated carbocycles. The molecule has 2 heterocycles. The molecule has 28 heavy (non-hydrogen) atoms. The van der Waals surface area contributed by atoms with Crippen LogP contribution < -0.4 is 10.1 Å². The van der Waals surface area contributed by atoms with E-state index in [4.69, 9.17) is 16.3 Å². The molecule has 144 valence electrons. The molecule has 7 heteroatoms. The molecule has 1 N–H and O–H groups in total. The van der Waals surface area contributed by atoms with E-state index in [9.17, 15) is 4.79 Å². The van der Waals surface area contributed by atoms with Gasteiger partial charge in [0, 0.05) is 29.2 Å². The molecule has 0 fully saturated rings. The van der Waals surface area contributed by atoms with Crippen molar-refractivity contribution in [2.75, 3.05) is 11.9 Å². The number of aryl methyl sites for hydroxylation is 1. The van der Waals surface area contributed by atoms with E-state index >= 15 is 0 Å². The first-order valence-corrected chi connectivity index (χ1v) is 9.77. The number of fused-ring (bicyclic) bond motifs is 1. The molecule has 4 rings (SSSR count). The van der Waals surface area contributed by atoms with Gasteiger partial charge in [-0.2, -0.15) is 0 Å². The number of nitrogens with one attached hydrogen (secondary N) is 1. The van der Waals surface area contributed by atoms with Crippen LogP contribution in [0.3, 0.4) is 0 Å². The Balaban J connectivity index is 1.37. The van der Waals surface area contributed by atoms with Gasteiger partial charge in [0.25, 0.3) is 5.91 Å². The first kappa shape index (κ1) is 18.5. The van der Waals surface area contributed by atoms with Gasteiger partial charge in [0.15, 0.2) is 12.4 Å². The molecule has 1 aliphatic heterocycles. The lowest BCUT2D eigenvalue weighted by Crippen LogP contribution is -2.20. The third-order valence-electron chi connectivity index (χ3n) is 4.72. The number of ether oxygens (including phenoxy) is 1. The van der Waals surface area contributed by atoms with Gasteiger partial charge in [0.05, 0.1) is 0 Å². The van der Waals surface area contributed by atoms with Gasteiger partial charge in [0.1, 0.15) is 11.6 Å². The Kier molecular flexibility index (Phi) is 5.58. The lowest BCUT2D eigenvalue weighted by molar-refractivity contribution is -0.118. The number of rotatable bonds is 5. The molecule has 0 unspecified atom stereocenters. The van der Waals surface area contributed by atoms with Crippen LogP contribution in [0, 0.1) is 0 Å². The molecule has 0 atom stereocenters. The van der Waals surface area contributed by atoms with Crippen LogP contribution in [0.1, 0.15) is 25.1 Å². The molecule has 0 saturated heterocycles. The number of benzene rings is 2. The number of nitrogens with zero attached hydrogens (tertiary/aromatic N) is 3. The number of aromatic nitrogens is 3. The highest BCUT2D eigenvalue weighted by molar-refractivity contribution is 6.30. The van der Waals surface area contributed by atoms with Gasteiger partial charge in [-0.15, -0.1) is 10.2 Å². The van der Waals surface area contributed by atoms with Crippen molar-refractivity contribution < 1.29 is 9.53 Å². The zero-order valence-electron chi connectivity index (χ0n) is 15.4. The third-order valence-corrected chi connectivity index (χ3v) is 4.97. The molecule has 1 aliphatic rings. The Labute approximate surface area is 168 Å². The maximum Gasteiger partial charge on any atom is 0.262 e. The standard InChI is InChI=1S/C21H21ClN4O2/c22-16-7-11-18(12-8-16)28-14-20(27)23-17-9-5-15(6-10-17)21-25-24-19-4-2-1-3-13-26(19)21/h5-12H,1-4,13-14H2,(H,23,27). The van der Waals surface area contributed by atoms with Crippen LogP contribution in [0.5, 0.6) is 5.75 Å². The van der Waals surface area contributed by atoms with Gasteiger partial charge in [-0.1, -0.05) is 18.0 Å². The van der Waals surface area contributed by atoms with Crippen molar-refractivity contribution in [3.05, 3.63) is 59.4 Å². The number of anilines is 1. The fraction of sp³-hybridized carbons (Fsp3) is 0.286. The normalized spacial score (nSPS) is 13.5. The molecular weight excluding hydrogens is 376 g/mol. The molecule has 3 aromatic rings. The molecular formula is C21H21ClN4O2. The molecule has 1 amide bonds. The first-order valence-electron chi connectivity index (χ1n) is 9.40. The van der Waals surface area contributed by atoms with E-state index in [0.29, 0.717) is 16.5 Å². The van der Waals surface area contributed by atoms with Crippen molar-refractivity contribution in [2.24, 2.45) is 0 Å². The van der Waals surface area contributed by atoms with Crippen LogP contribution >= 0.6 is 11.6 Å². The van der Waals surface area contributed by atoms with Gasteiger partial charge < -0.3 is 14.6 Å². The summed E-state index contributed by atoms with van der Waals surface area (Å²) in [6.45, 7) is 0.888. The second kappa shape index (κ2) is 8.44. The number of hydrogen-bond acceptors (Lipinski definition) is 4. The third kappa shape index (κ3) is 4.34. The fourth-order valence-corrected chi connectivity index (χ4v) is 3.40. The Bertz CT molecular complexity index is 952. The van der Waals surface area contributed by atoms with Gasteiger partial charge in [-0.05, 0) is 61.4 Å². The summed E-state index contributed by atoms with van der Waals surface area (Å²) >= 11 is 5.83. The number of halogens is 1. The monoisotopic (exact) mass is 396 g/mol. The highest BCUT2D eigenvalue weighted by atomic mass is 35.5. The zero-order valence-corrected chi connectivity index (χ0v) is 16.2. The molecule has 2 aromatic carbocycles. The van der Waals surface area contributed by atoms with E-state index in [-0.39, 0.29) is 12.5 Å². The van der Waals surface area contributed by atoms with Crippen molar-refractivity contribution in [3.8, 4) is 17.1 Å². The minimum atomic E-state index is -0.223. The van der Waals surface area contributed by atoms with Crippen molar-refractivity contribution >= 4 is 23.2 Å². The van der Waals surface area contributed by atoms with Crippen molar-refractivity contribution in [3.63, 3.8) is 0 Å². The highest BCUT2D eigenvalue weighted by Gasteiger charge is 2.16. The maximum atomic E-state index is 12.1. The van der Waals surface area contributed by atoms with Crippen LogP contribution in [0.2, 0.25) is 5.02 Å². The first-order chi connectivity index (χ1) is 13.7. The Morgan fingerprint density at radius 1 is 1.04 bits per heavy atom. The van der Waals surface area contributed by atoms with Crippen LogP contribution in [-0.2, 0) is 17.8 Å². The lowest BCUT2D eigenvalue weighted by Gasteiger charge is -2.09. The van der Waals surface area contributed by atoms with E-state index in [1.807, 2.05) is 24.3 Å². The smallest absolute Gasteiger partial charge is 0.262 e. The van der Waals surface area contributed by atoms with Gasteiger partial charge in [-0.25, -0.2) is 0 Å². The van der Waals surface area contributed by atoms with Crippen LogP contribution in [0.25, 0.3) is 11.4 Å². The summed E-state index contributed by atoms with van der Waals surface area (Å²) in [4.78, 5) is 12.1. The minimum Gasteiger partial charge on any atom is -0.484 e. The number of carbonyl (C=O) groups excluding carboxylic acids is 1. The summed E-state index contributed by atoms with van der Waals surface area (Å²) in [5, 5.41) is 12.2. The summed E-state index contributed by atoms with van der Waals surface area (Å²) in [5.41, 5.74) is 1.71. The molecule has 0 spiro atoms. The van der Waals surface area contributed by atoms with Crippen molar-refractivity contribution in [2.45, 2.75) is 32.2 Å². The molecule has 6 nitrogen and oxygen atoms in total. The molecule has 1 aromatic heterocycles. The van der Waals surface area contributed by atoms with Crippen molar-refractivity contribution in [1.82, 2.24) is 14.8 Å². The maximum absolute atomic E-state index is 12.1. The summed E-state index contributed by atoms with van der Waals surface area (Å²) in [6.07, 6.45) is 4.53. The second-order valence-corrected chi connectivity index (χ2v) is 7.21. The van der Waals surface area contributed by atoms with E-state index in [0.717, 1.165) is 36.6 Å². The number of amides is 1. The van der Waals surface area contributed by atoms with Crippen molar-refractivity contribution in [1.29, 1.82) is 0 Å². The lowest BCUT2D eigenvalue weighted by atomic mass is 10.2. The largest absolute Gasteiger partial charge is 0.484 e. The van der Waals surface area contributed by atoms with Gasteiger partial charge in [0.2, 0.25) is 0 Å². The minimum absolute atomic E-state index is 0.0684. The SMILES string of the molecule is O=C(COc1ccc(Cl)cc1)Nc1ccc(-c2nnc3n2CCCCC3)cc1. The van der Waals surface area contributed by atoms with E-state index in [2.05, 4.69) is 20.1 Å². The van der Waals surface area contributed by atoms with E-state index in [1.54, 1.807) is 24.3 Å². The zero-order chi connectivity index (χ0) is 19.3. The highest BCUT2D eigenvalue weighted by Crippen LogP contribution is 2.24. The fourth-order valence-electron chi connectivity index (χ4n) is 3.28. The Morgan fingerprint density at radius 3 is 2.61 bits per heavy atom. The van der Waals surface area contributed by atoms with Gasteiger partial charge >= 0.3 is 0 Å². The summed E-state index contributed by atoms with van der Waals surface area (Å²) in [6, 6.07) is 14.5. The Hall–Kier alpha value is -2.86. The van der Waals surface area contributed by atoms with E-state index in [1.165, 1.54) is 12.8 Å². The Morgan fingerprint density at radius 2 is 1.82 bits per heavy atom. The van der Waals surface area contributed by atoms with Crippen LogP contribution in [-0.4, -0.2) is 27.3 Å².